The molecule has 1 N–H and O–H groups in total. The van der Waals surface area contributed by atoms with Crippen molar-refractivity contribution < 1.29 is 9.53 Å². The molecule has 0 saturated carbocycles. The summed E-state index contributed by atoms with van der Waals surface area (Å²) in [6.45, 7) is 3.33. The molecule has 1 saturated heterocycles. The second kappa shape index (κ2) is 7.75. The normalized spacial score (nSPS) is 16.1. The molecule has 0 aromatic heterocycles. The van der Waals surface area contributed by atoms with Gasteiger partial charge in [-0.15, -0.1) is 0 Å². The Morgan fingerprint density at radius 3 is 2.62 bits per heavy atom. The molecule has 1 amide bonds. The van der Waals surface area contributed by atoms with E-state index in [0.29, 0.717) is 19.8 Å². The number of nitrogens with zero attached hydrogens (tertiary/aromatic N) is 3. The van der Waals surface area contributed by atoms with Crippen LogP contribution in [-0.2, 0) is 9.53 Å². The molecular weight excluding hydrogens is 268 g/mol. The highest BCUT2D eigenvalue weighted by Gasteiger charge is 2.13. The van der Waals surface area contributed by atoms with E-state index in [4.69, 9.17) is 4.74 Å². The van der Waals surface area contributed by atoms with Crippen LogP contribution in [0.1, 0.15) is 5.56 Å². The van der Waals surface area contributed by atoms with Gasteiger partial charge in [0.2, 0.25) is 0 Å². The van der Waals surface area contributed by atoms with Gasteiger partial charge in [-0.3, -0.25) is 9.69 Å². The lowest BCUT2D eigenvalue weighted by molar-refractivity contribution is -0.123. The molecule has 6 nitrogen and oxygen atoms in total. The summed E-state index contributed by atoms with van der Waals surface area (Å²) >= 11 is 0. The van der Waals surface area contributed by atoms with Gasteiger partial charge in [0.25, 0.3) is 5.91 Å². The molecule has 21 heavy (non-hydrogen) atoms. The molecule has 1 aliphatic heterocycles. The van der Waals surface area contributed by atoms with Crippen LogP contribution in [-0.4, -0.2) is 64.0 Å². The van der Waals surface area contributed by atoms with E-state index in [-0.39, 0.29) is 5.91 Å². The third-order valence-corrected chi connectivity index (χ3v) is 3.28. The summed E-state index contributed by atoms with van der Waals surface area (Å²) in [6, 6.07) is 7.95. The Morgan fingerprint density at radius 2 is 2.00 bits per heavy atom. The fourth-order valence-corrected chi connectivity index (χ4v) is 2.04. The maximum atomic E-state index is 11.7. The highest BCUT2D eigenvalue weighted by Crippen LogP contribution is 2.10. The van der Waals surface area contributed by atoms with E-state index in [1.54, 1.807) is 6.21 Å². The minimum Gasteiger partial charge on any atom is -0.379 e. The smallest absolute Gasteiger partial charge is 0.254 e. The maximum Gasteiger partial charge on any atom is 0.254 e. The largest absolute Gasteiger partial charge is 0.379 e. The van der Waals surface area contributed by atoms with Gasteiger partial charge in [-0.1, -0.05) is 12.1 Å². The third-order valence-electron chi connectivity index (χ3n) is 3.28. The minimum absolute atomic E-state index is 0.0990. The number of benzene rings is 1. The lowest BCUT2D eigenvalue weighted by Gasteiger charge is -2.25. The van der Waals surface area contributed by atoms with Crippen LogP contribution in [0.4, 0.5) is 5.69 Å². The highest BCUT2D eigenvalue weighted by molar-refractivity contribution is 5.83. The number of nitrogens with one attached hydrogen (secondary N) is 1. The van der Waals surface area contributed by atoms with Gasteiger partial charge in [0.15, 0.2) is 0 Å². The average molecular weight is 290 g/mol. The van der Waals surface area contributed by atoms with E-state index in [1.165, 1.54) is 0 Å². The summed E-state index contributed by atoms with van der Waals surface area (Å²) < 4.78 is 5.24. The summed E-state index contributed by atoms with van der Waals surface area (Å²) in [7, 11) is 3.99. The van der Waals surface area contributed by atoms with Crippen LogP contribution in [0.2, 0.25) is 0 Å². The summed E-state index contributed by atoms with van der Waals surface area (Å²) in [5.41, 5.74) is 4.63. The highest BCUT2D eigenvalue weighted by atomic mass is 16.5. The number of ether oxygens (including phenoxy) is 1. The molecule has 1 aromatic carbocycles. The maximum absolute atomic E-state index is 11.7. The number of carbonyl (C=O) groups excluding carboxylic acids is 1. The zero-order chi connectivity index (χ0) is 15.1. The standard InChI is InChI=1S/C15H22N4O2/c1-18(2)14-5-3-13(4-6-14)11-16-17-15(20)12-19-7-9-21-10-8-19/h3-6,11H,7-10,12H2,1-2H3,(H,17,20)/b16-11+. The molecule has 0 unspecified atom stereocenters. The quantitative estimate of drug-likeness (QED) is 0.635. The average Bonchev–Trinajstić information content (AvgIpc) is 2.49. The molecule has 0 radical (unpaired) electrons. The number of amides is 1. The summed E-state index contributed by atoms with van der Waals surface area (Å²) in [5.74, 6) is -0.0990. The van der Waals surface area contributed by atoms with Crippen molar-refractivity contribution in [1.82, 2.24) is 10.3 Å². The minimum atomic E-state index is -0.0990. The van der Waals surface area contributed by atoms with Gasteiger partial charge in [0, 0.05) is 32.9 Å². The molecule has 6 heteroatoms. The van der Waals surface area contributed by atoms with E-state index in [9.17, 15) is 4.79 Å². The van der Waals surface area contributed by atoms with Gasteiger partial charge in [-0.2, -0.15) is 5.10 Å². The zero-order valence-corrected chi connectivity index (χ0v) is 12.6. The number of rotatable bonds is 5. The Hall–Kier alpha value is -1.92. The van der Waals surface area contributed by atoms with Crippen LogP contribution in [0, 0.1) is 0 Å². The topological polar surface area (TPSA) is 57.2 Å². The number of anilines is 1. The molecule has 0 bridgehead atoms. The molecule has 1 fully saturated rings. The number of hydrogen-bond donors (Lipinski definition) is 1. The van der Waals surface area contributed by atoms with Crippen LogP contribution in [0.15, 0.2) is 29.4 Å². The van der Waals surface area contributed by atoms with Crippen molar-refractivity contribution in [2.75, 3.05) is 51.8 Å². The van der Waals surface area contributed by atoms with Gasteiger partial charge in [-0.25, -0.2) is 5.43 Å². The third kappa shape index (κ3) is 5.17. The van der Waals surface area contributed by atoms with Crippen molar-refractivity contribution in [2.45, 2.75) is 0 Å². The van der Waals surface area contributed by atoms with Gasteiger partial charge in [0.05, 0.1) is 26.0 Å². The molecular formula is C15H22N4O2. The van der Waals surface area contributed by atoms with E-state index < -0.39 is 0 Å². The van der Waals surface area contributed by atoms with Crippen molar-refractivity contribution in [3.05, 3.63) is 29.8 Å². The summed E-state index contributed by atoms with van der Waals surface area (Å²) in [6.07, 6.45) is 1.65. The van der Waals surface area contributed by atoms with Gasteiger partial charge in [-0.05, 0) is 17.7 Å². The first-order valence-corrected chi connectivity index (χ1v) is 7.04. The van der Waals surface area contributed by atoms with E-state index >= 15 is 0 Å². The zero-order valence-electron chi connectivity index (χ0n) is 12.6. The van der Waals surface area contributed by atoms with Crippen LogP contribution >= 0.6 is 0 Å². The molecule has 2 rings (SSSR count). The monoisotopic (exact) mass is 290 g/mol. The predicted molar refractivity (Wildman–Crippen MR) is 83.8 cm³/mol. The number of carbonyl (C=O) groups is 1. The Morgan fingerprint density at radius 1 is 1.33 bits per heavy atom. The molecule has 1 aromatic rings. The Kier molecular flexibility index (Phi) is 5.71. The molecule has 1 heterocycles. The van der Waals surface area contributed by atoms with E-state index in [0.717, 1.165) is 24.3 Å². The molecule has 0 spiro atoms. The van der Waals surface area contributed by atoms with Crippen molar-refractivity contribution in [3.8, 4) is 0 Å². The molecule has 114 valence electrons. The van der Waals surface area contributed by atoms with Crippen molar-refractivity contribution >= 4 is 17.8 Å². The van der Waals surface area contributed by atoms with E-state index in [2.05, 4.69) is 15.4 Å². The van der Waals surface area contributed by atoms with Crippen LogP contribution < -0.4 is 10.3 Å². The van der Waals surface area contributed by atoms with Crippen LogP contribution in [0.3, 0.4) is 0 Å². The van der Waals surface area contributed by atoms with Gasteiger partial charge in [0.1, 0.15) is 0 Å². The van der Waals surface area contributed by atoms with Crippen molar-refractivity contribution in [3.63, 3.8) is 0 Å². The first-order valence-electron chi connectivity index (χ1n) is 7.04. The predicted octanol–water partition coefficient (Wildman–Crippen LogP) is 0.535. The molecule has 1 aliphatic rings. The lowest BCUT2D eigenvalue weighted by Crippen LogP contribution is -2.42. The summed E-state index contributed by atoms with van der Waals surface area (Å²) in [5, 5.41) is 3.99. The second-order valence-corrected chi connectivity index (χ2v) is 5.17. The number of hydrazone groups is 1. The Bertz CT molecular complexity index is 479. The SMILES string of the molecule is CN(C)c1ccc(/C=N/NC(=O)CN2CCOCC2)cc1. The number of morpholine rings is 1. The Balaban J connectivity index is 1.77. The van der Waals surface area contributed by atoms with E-state index in [1.807, 2.05) is 43.3 Å². The lowest BCUT2D eigenvalue weighted by atomic mass is 10.2. The first kappa shape index (κ1) is 15.5. The second-order valence-electron chi connectivity index (χ2n) is 5.17. The fraction of sp³-hybridized carbons (Fsp3) is 0.467. The number of hydrogen-bond acceptors (Lipinski definition) is 5. The summed E-state index contributed by atoms with van der Waals surface area (Å²) in [4.78, 5) is 15.8. The molecule has 0 atom stereocenters. The van der Waals surface area contributed by atoms with Crippen molar-refractivity contribution in [1.29, 1.82) is 0 Å². The Labute approximate surface area is 125 Å². The fourth-order valence-electron chi connectivity index (χ4n) is 2.04. The van der Waals surface area contributed by atoms with Gasteiger partial charge < -0.3 is 9.64 Å². The van der Waals surface area contributed by atoms with Crippen LogP contribution in [0.5, 0.6) is 0 Å². The van der Waals surface area contributed by atoms with Crippen molar-refractivity contribution in [2.24, 2.45) is 5.10 Å². The first-order chi connectivity index (χ1) is 10.1. The van der Waals surface area contributed by atoms with Crippen LogP contribution in [0.25, 0.3) is 0 Å². The molecule has 0 aliphatic carbocycles. The van der Waals surface area contributed by atoms with Gasteiger partial charge >= 0.3 is 0 Å².